The molecule has 0 aliphatic carbocycles. The number of rotatable bonds is 5. The van der Waals surface area contributed by atoms with Gasteiger partial charge in [-0.15, -0.1) is 0 Å². The second-order valence-electron chi connectivity index (χ2n) is 4.96. The third kappa shape index (κ3) is 3.49. The molecule has 21 heavy (non-hydrogen) atoms. The number of urea groups is 1. The molecule has 1 aliphatic rings. The third-order valence-electron chi connectivity index (χ3n) is 3.53. The zero-order chi connectivity index (χ0) is 15.3. The first-order valence-corrected chi connectivity index (χ1v) is 6.85. The first-order valence-electron chi connectivity index (χ1n) is 6.85. The van der Waals surface area contributed by atoms with Crippen LogP contribution < -0.4 is 5.32 Å². The van der Waals surface area contributed by atoms with Crippen LogP contribution in [-0.2, 0) is 16.1 Å². The van der Waals surface area contributed by atoms with Crippen LogP contribution in [0, 0.1) is 0 Å². The maximum absolute atomic E-state index is 12.3. The molecule has 1 aromatic rings. The van der Waals surface area contributed by atoms with Gasteiger partial charge < -0.3 is 20.1 Å². The van der Waals surface area contributed by atoms with Gasteiger partial charge in [0, 0.05) is 25.8 Å². The molecular formula is C14H19N3O4. The van der Waals surface area contributed by atoms with Gasteiger partial charge in [0.2, 0.25) is 0 Å². The zero-order valence-corrected chi connectivity index (χ0v) is 11.9. The molecule has 0 saturated carbocycles. The van der Waals surface area contributed by atoms with E-state index in [-0.39, 0.29) is 13.0 Å². The fourth-order valence-corrected chi connectivity index (χ4v) is 2.18. The fourth-order valence-electron chi connectivity index (χ4n) is 2.18. The molecule has 0 aromatic carbocycles. The average molecular weight is 293 g/mol. The number of hydrogen-bond donors (Lipinski definition) is 2. The Balaban J connectivity index is 2.04. The van der Waals surface area contributed by atoms with Gasteiger partial charge in [0.1, 0.15) is 0 Å². The molecule has 1 saturated heterocycles. The van der Waals surface area contributed by atoms with E-state index >= 15 is 0 Å². The van der Waals surface area contributed by atoms with E-state index in [1.54, 1.807) is 12.3 Å². The van der Waals surface area contributed by atoms with Crippen molar-refractivity contribution in [1.82, 2.24) is 15.2 Å². The van der Waals surface area contributed by atoms with Gasteiger partial charge in [0.05, 0.1) is 18.8 Å². The number of carbonyl (C=O) groups excluding carboxylic acids is 1. The minimum atomic E-state index is -1.32. The Morgan fingerprint density at radius 2 is 2.33 bits per heavy atom. The van der Waals surface area contributed by atoms with Crippen molar-refractivity contribution in [3.05, 3.63) is 30.1 Å². The van der Waals surface area contributed by atoms with Gasteiger partial charge in [-0.05, 0) is 19.1 Å². The summed E-state index contributed by atoms with van der Waals surface area (Å²) in [5, 5.41) is 11.9. The van der Waals surface area contributed by atoms with Gasteiger partial charge in [-0.25, -0.2) is 9.59 Å². The summed E-state index contributed by atoms with van der Waals surface area (Å²) in [4.78, 5) is 29.4. The molecule has 2 N–H and O–H groups in total. The van der Waals surface area contributed by atoms with Crippen LogP contribution in [0.25, 0.3) is 0 Å². The molecule has 2 amide bonds. The summed E-state index contributed by atoms with van der Waals surface area (Å²) in [6.45, 7) is 2.95. The molecule has 0 bridgehead atoms. The highest BCUT2D eigenvalue weighted by molar-refractivity contribution is 5.86. The highest BCUT2D eigenvalue weighted by Gasteiger charge is 2.44. The van der Waals surface area contributed by atoms with Gasteiger partial charge >= 0.3 is 12.0 Å². The van der Waals surface area contributed by atoms with Gasteiger partial charge in [-0.3, -0.25) is 4.98 Å². The molecule has 0 spiro atoms. The molecule has 1 fully saturated rings. The quantitative estimate of drug-likeness (QED) is 0.840. The third-order valence-corrected chi connectivity index (χ3v) is 3.53. The predicted molar refractivity (Wildman–Crippen MR) is 74.7 cm³/mol. The zero-order valence-electron chi connectivity index (χ0n) is 11.9. The maximum atomic E-state index is 12.3. The summed E-state index contributed by atoms with van der Waals surface area (Å²) in [6, 6.07) is 5.05. The summed E-state index contributed by atoms with van der Waals surface area (Å²) >= 11 is 0. The highest BCUT2D eigenvalue weighted by atomic mass is 16.5. The molecule has 1 aromatic heterocycles. The molecule has 0 radical (unpaired) electrons. The van der Waals surface area contributed by atoms with E-state index in [0.717, 1.165) is 5.69 Å². The van der Waals surface area contributed by atoms with Crippen LogP contribution in [0.3, 0.4) is 0 Å². The number of ether oxygens (including phenoxy) is 1. The number of aliphatic carboxylic acids is 1. The second-order valence-corrected chi connectivity index (χ2v) is 4.96. The Kier molecular flexibility index (Phi) is 4.74. The van der Waals surface area contributed by atoms with Crippen molar-refractivity contribution < 1.29 is 19.4 Å². The van der Waals surface area contributed by atoms with E-state index in [1.807, 2.05) is 19.1 Å². The molecular weight excluding hydrogens is 274 g/mol. The van der Waals surface area contributed by atoms with Crippen molar-refractivity contribution in [3.63, 3.8) is 0 Å². The molecule has 7 nitrogen and oxygen atoms in total. The molecule has 2 rings (SSSR count). The number of amides is 2. The van der Waals surface area contributed by atoms with Crippen molar-refractivity contribution in [2.24, 2.45) is 0 Å². The van der Waals surface area contributed by atoms with Crippen molar-refractivity contribution in [2.45, 2.75) is 25.4 Å². The largest absolute Gasteiger partial charge is 0.479 e. The number of aromatic nitrogens is 1. The van der Waals surface area contributed by atoms with Crippen molar-refractivity contribution >= 4 is 12.0 Å². The average Bonchev–Trinajstić information content (AvgIpc) is 2.95. The van der Waals surface area contributed by atoms with Gasteiger partial charge in [-0.2, -0.15) is 0 Å². The highest BCUT2D eigenvalue weighted by Crippen LogP contribution is 2.19. The number of carboxylic acids is 1. The fraction of sp³-hybridized carbons (Fsp3) is 0.500. The monoisotopic (exact) mass is 293 g/mol. The summed E-state index contributed by atoms with van der Waals surface area (Å²) in [5.74, 6) is -1.07. The number of nitrogens with one attached hydrogen (secondary N) is 1. The number of nitrogens with zero attached hydrogens (tertiary/aromatic N) is 2. The second kappa shape index (κ2) is 6.53. The summed E-state index contributed by atoms with van der Waals surface area (Å²) in [5.41, 5.74) is -0.573. The Labute approximate surface area is 122 Å². The number of pyridine rings is 1. The Morgan fingerprint density at radius 1 is 1.52 bits per heavy atom. The Hall–Kier alpha value is -2.15. The number of hydrogen-bond acceptors (Lipinski definition) is 4. The SMILES string of the molecule is CCN(Cc1ccccn1)C(=O)NC1(C(=O)O)CCOC1. The van der Waals surface area contributed by atoms with Crippen LogP contribution >= 0.6 is 0 Å². The van der Waals surface area contributed by atoms with Crippen LogP contribution in [0.1, 0.15) is 19.0 Å². The van der Waals surface area contributed by atoms with Crippen molar-refractivity contribution in [3.8, 4) is 0 Å². The first kappa shape index (κ1) is 15.2. The van der Waals surface area contributed by atoms with E-state index in [2.05, 4.69) is 10.3 Å². The van der Waals surface area contributed by atoms with Gasteiger partial charge in [-0.1, -0.05) is 6.07 Å². The summed E-state index contributed by atoms with van der Waals surface area (Å²) < 4.78 is 5.13. The van der Waals surface area contributed by atoms with E-state index in [0.29, 0.717) is 19.7 Å². The molecule has 1 unspecified atom stereocenters. The number of carbonyl (C=O) groups is 2. The lowest BCUT2D eigenvalue weighted by Crippen LogP contribution is -2.58. The smallest absolute Gasteiger partial charge is 0.332 e. The van der Waals surface area contributed by atoms with Crippen molar-refractivity contribution in [1.29, 1.82) is 0 Å². The van der Waals surface area contributed by atoms with Crippen LogP contribution in [0.2, 0.25) is 0 Å². The Morgan fingerprint density at radius 3 is 2.86 bits per heavy atom. The van der Waals surface area contributed by atoms with E-state index in [9.17, 15) is 14.7 Å². The van der Waals surface area contributed by atoms with Crippen LogP contribution in [0.4, 0.5) is 4.79 Å². The molecule has 1 atom stereocenters. The van der Waals surface area contributed by atoms with E-state index < -0.39 is 17.5 Å². The predicted octanol–water partition coefficient (Wildman–Crippen LogP) is 0.857. The lowest BCUT2D eigenvalue weighted by molar-refractivity contribution is -0.144. The summed E-state index contributed by atoms with van der Waals surface area (Å²) in [6.07, 6.45) is 1.93. The lowest BCUT2D eigenvalue weighted by atomic mass is 9.99. The molecule has 114 valence electrons. The minimum Gasteiger partial charge on any atom is -0.479 e. The van der Waals surface area contributed by atoms with Crippen LogP contribution in [-0.4, -0.2) is 52.3 Å². The number of carboxylic acid groups (broad SMARTS) is 1. The standard InChI is InChI=1S/C14H19N3O4/c1-2-17(9-11-5-3-4-7-15-11)13(20)16-14(12(18)19)6-8-21-10-14/h3-5,7H,2,6,8-10H2,1H3,(H,16,20)(H,18,19). The normalized spacial score (nSPS) is 21.0. The topological polar surface area (TPSA) is 91.8 Å². The molecule has 1 aliphatic heterocycles. The van der Waals surface area contributed by atoms with Crippen molar-refractivity contribution in [2.75, 3.05) is 19.8 Å². The minimum absolute atomic E-state index is 0.00475. The molecule has 7 heteroatoms. The van der Waals surface area contributed by atoms with Crippen LogP contribution in [0.5, 0.6) is 0 Å². The lowest BCUT2D eigenvalue weighted by Gasteiger charge is -2.28. The summed E-state index contributed by atoms with van der Waals surface area (Å²) in [7, 11) is 0. The molecule has 2 heterocycles. The Bertz CT molecular complexity index is 500. The first-order chi connectivity index (χ1) is 10.1. The van der Waals surface area contributed by atoms with E-state index in [1.165, 1.54) is 4.90 Å². The maximum Gasteiger partial charge on any atom is 0.332 e. The van der Waals surface area contributed by atoms with Gasteiger partial charge in [0.15, 0.2) is 5.54 Å². The van der Waals surface area contributed by atoms with Crippen LogP contribution in [0.15, 0.2) is 24.4 Å². The van der Waals surface area contributed by atoms with E-state index in [4.69, 9.17) is 4.74 Å². The van der Waals surface area contributed by atoms with Gasteiger partial charge in [0.25, 0.3) is 0 Å².